The molecule has 0 aliphatic rings. The van der Waals surface area contributed by atoms with Gasteiger partial charge in [-0.3, -0.25) is 0 Å². The molecule has 10 heteroatoms. The number of nitrogens with zero attached hydrogens (tertiary/aromatic N) is 2. The largest absolute Gasteiger partial charge is 0.243 e. The number of nitrogens with two attached hydrogens (primary N) is 1. The standard InChI is InChI=1S/C8H8ClN3O4S2/c9-7-6(5-10)1-2-12-8(7)17(13,14)3-4-18(11,15)16/h1-2H,3-4H2,(H2,11,15,16). The monoisotopic (exact) mass is 309 g/mol. The van der Waals surface area contributed by atoms with Crippen LogP contribution >= 0.6 is 11.6 Å². The maximum atomic E-state index is 11.8. The lowest BCUT2D eigenvalue weighted by Crippen LogP contribution is -2.23. The molecule has 0 aromatic carbocycles. The summed E-state index contributed by atoms with van der Waals surface area (Å²) in [7, 11) is -7.92. The third-order valence-electron chi connectivity index (χ3n) is 1.91. The summed E-state index contributed by atoms with van der Waals surface area (Å²) in [6.07, 6.45) is 1.11. The molecule has 1 rings (SSSR count). The van der Waals surface area contributed by atoms with Crippen molar-refractivity contribution in [3.63, 3.8) is 0 Å². The highest BCUT2D eigenvalue weighted by molar-refractivity contribution is 7.94. The maximum Gasteiger partial charge on any atom is 0.210 e. The van der Waals surface area contributed by atoms with Crippen molar-refractivity contribution in [1.29, 1.82) is 5.26 Å². The quantitative estimate of drug-likeness (QED) is 0.810. The second-order valence-corrected chi connectivity index (χ2v) is 7.41. The number of primary sulfonamides is 1. The Kier molecular flexibility index (Phi) is 4.28. The number of hydrogen-bond donors (Lipinski definition) is 1. The minimum absolute atomic E-state index is 0.0548. The van der Waals surface area contributed by atoms with Gasteiger partial charge in [-0.05, 0) is 6.07 Å². The van der Waals surface area contributed by atoms with Crippen LogP contribution in [0.4, 0.5) is 0 Å². The number of halogens is 1. The third kappa shape index (κ3) is 3.64. The molecule has 0 bridgehead atoms. The van der Waals surface area contributed by atoms with E-state index in [1.807, 2.05) is 0 Å². The zero-order valence-corrected chi connectivity index (χ0v) is 11.3. The van der Waals surface area contributed by atoms with Crippen LogP contribution in [0.3, 0.4) is 0 Å². The number of rotatable bonds is 4. The SMILES string of the molecule is N#Cc1ccnc(S(=O)(=O)CCS(N)(=O)=O)c1Cl. The Hall–Kier alpha value is -1.21. The van der Waals surface area contributed by atoms with Crippen molar-refractivity contribution in [2.75, 3.05) is 11.5 Å². The molecule has 2 N–H and O–H groups in total. The van der Waals surface area contributed by atoms with Crippen LogP contribution in [0.1, 0.15) is 5.56 Å². The van der Waals surface area contributed by atoms with Crippen LogP contribution in [-0.2, 0) is 19.9 Å². The summed E-state index contributed by atoms with van der Waals surface area (Å²) in [5, 5.41) is 12.6. The van der Waals surface area contributed by atoms with Crippen molar-refractivity contribution in [2.24, 2.45) is 5.14 Å². The van der Waals surface area contributed by atoms with Gasteiger partial charge in [-0.25, -0.2) is 27.0 Å². The lowest BCUT2D eigenvalue weighted by atomic mass is 10.3. The number of hydrogen-bond acceptors (Lipinski definition) is 6. The van der Waals surface area contributed by atoms with Crippen LogP contribution in [0.25, 0.3) is 0 Å². The van der Waals surface area contributed by atoms with Crippen LogP contribution in [0, 0.1) is 11.3 Å². The van der Waals surface area contributed by atoms with E-state index in [4.69, 9.17) is 22.0 Å². The fourth-order valence-corrected chi connectivity index (χ4v) is 4.16. The molecule has 1 aromatic rings. The topological polar surface area (TPSA) is 131 Å². The van der Waals surface area contributed by atoms with E-state index in [-0.39, 0.29) is 10.6 Å². The Balaban J connectivity index is 3.19. The Labute approximate surface area is 109 Å². The number of sulfone groups is 1. The molecule has 0 aliphatic carbocycles. The van der Waals surface area contributed by atoms with Crippen molar-refractivity contribution < 1.29 is 16.8 Å². The minimum atomic E-state index is -4.01. The number of sulfonamides is 1. The minimum Gasteiger partial charge on any atom is -0.243 e. The lowest BCUT2D eigenvalue weighted by Gasteiger charge is -2.05. The van der Waals surface area contributed by atoms with E-state index < -0.39 is 36.4 Å². The molecule has 0 spiro atoms. The summed E-state index contributed by atoms with van der Waals surface area (Å²) in [4.78, 5) is 3.55. The van der Waals surface area contributed by atoms with E-state index in [1.165, 1.54) is 6.07 Å². The van der Waals surface area contributed by atoms with Gasteiger partial charge in [0.1, 0.15) is 6.07 Å². The number of nitriles is 1. The zero-order valence-electron chi connectivity index (χ0n) is 8.87. The van der Waals surface area contributed by atoms with Gasteiger partial charge in [0.15, 0.2) is 14.9 Å². The van der Waals surface area contributed by atoms with Gasteiger partial charge in [0.2, 0.25) is 10.0 Å². The van der Waals surface area contributed by atoms with E-state index in [0.29, 0.717) is 0 Å². The van der Waals surface area contributed by atoms with Crippen LogP contribution in [0.2, 0.25) is 5.02 Å². The molecule has 0 amide bonds. The highest BCUT2D eigenvalue weighted by Gasteiger charge is 2.23. The third-order valence-corrected chi connectivity index (χ3v) is 5.08. The molecule has 98 valence electrons. The lowest BCUT2D eigenvalue weighted by molar-refractivity contribution is 0.586. The summed E-state index contributed by atoms with van der Waals surface area (Å²) in [5.74, 6) is -1.49. The number of aromatic nitrogens is 1. The Morgan fingerprint density at radius 2 is 1.94 bits per heavy atom. The molecule has 7 nitrogen and oxygen atoms in total. The summed E-state index contributed by atoms with van der Waals surface area (Å²) in [5.41, 5.74) is -0.0548. The molecule has 0 fully saturated rings. The van der Waals surface area contributed by atoms with E-state index in [9.17, 15) is 16.8 Å². The fraction of sp³-hybridized carbons (Fsp3) is 0.250. The predicted molar refractivity (Wildman–Crippen MR) is 64.0 cm³/mol. The second-order valence-electron chi connectivity index (χ2n) is 3.28. The van der Waals surface area contributed by atoms with Crippen LogP contribution in [0.5, 0.6) is 0 Å². The van der Waals surface area contributed by atoms with E-state index in [1.54, 1.807) is 6.07 Å². The first kappa shape index (κ1) is 14.8. The van der Waals surface area contributed by atoms with E-state index in [0.717, 1.165) is 6.20 Å². The van der Waals surface area contributed by atoms with Gasteiger partial charge >= 0.3 is 0 Å². The molecule has 0 atom stereocenters. The average Bonchev–Trinajstić information content (AvgIpc) is 2.26. The van der Waals surface area contributed by atoms with Crippen molar-refractivity contribution in [3.8, 4) is 6.07 Å². The smallest absolute Gasteiger partial charge is 0.210 e. The Bertz CT molecular complexity index is 706. The van der Waals surface area contributed by atoms with E-state index >= 15 is 0 Å². The molecule has 18 heavy (non-hydrogen) atoms. The van der Waals surface area contributed by atoms with Crippen molar-refractivity contribution in [2.45, 2.75) is 5.03 Å². The first-order chi connectivity index (χ1) is 8.17. The molecule has 0 aliphatic heterocycles. The normalized spacial score (nSPS) is 12.1. The molecule has 1 heterocycles. The maximum absolute atomic E-state index is 11.8. The van der Waals surface area contributed by atoms with Gasteiger partial charge < -0.3 is 0 Å². The van der Waals surface area contributed by atoms with Crippen molar-refractivity contribution in [3.05, 3.63) is 22.8 Å². The molecule has 0 saturated carbocycles. The fourth-order valence-electron chi connectivity index (χ4n) is 1.05. The number of pyridine rings is 1. The van der Waals surface area contributed by atoms with Crippen LogP contribution in [-0.4, -0.2) is 33.3 Å². The average molecular weight is 310 g/mol. The highest BCUT2D eigenvalue weighted by atomic mass is 35.5. The molecule has 1 aromatic heterocycles. The first-order valence-electron chi connectivity index (χ1n) is 4.45. The molecular formula is C8H8ClN3O4S2. The Morgan fingerprint density at radius 3 is 2.44 bits per heavy atom. The van der Waals surface area contributed by atoms with Crippen molar-refractivity contribution >= 4 is 31.5 Å². The van der Waals surface area contributed by atoms with Gasteiger partial charge in [-0.1, -0.05) is 11.6 Å². The first-order valence-corrected chi connectivity index (χ1v) is 8.20. The van der Waals surface area contributed by atoms with Crippen LogP contribution < -0.4 is 5.14 Å². The molecule has 0 unspecified atom stereocenters. The summed E-state index contributed by atoms with van der Waals surface area (Å²) >= 11 is 5.70. The van der Waals surface area contributed by atoms with Gasteiger partial charge in [0.05, 0.1) is 22.1 Å². The van der Waals surface area contributed by atoms with Crippen LogP contribution in [0.15, 0.2) is 17.3 Å². The summed E-state index contributed by atoms with van der Waals surface area (Å²) in [6.45, 7) is 0. The molecular weight excluding hydrogens is 302 g/mol. The van der Waals surface area contributed by atoms with Gasteiger partial charge in [0.25, 0.3) is 0 Å². The molecule has 0 saturated heterocycles. The zero-order chi connectivity index (χ0) is 14.0. The van der Waals surface area contributed by atoms with Gasteiger partial charge in [-0.2, -0.15) is 5.26 Å². The van der Waals surface area contributed by atoms with Gasteiger partial charge in [0, 0.05) is 6.20 Å². The van der Waals surface area contributed by atoms with Gasteiger partial charge in [-0.15, -0.1) is 0 Å². The van der Waals surface area contributed by atoms with Crippen molar-refractivity contribution in [1.82, 2.24) is 4.98 Å². The summed E-state index contributed by atoms with van der Waals surface area (Å²) in [6, 6.07) is 2.95. The predicted octanol–water partition coefficient (Wildman–Crippen LogP) is -0.331. The Morgan fingerprint density at radius 1 is 1.33 bits per heavy atom. The second kappa shape index (κ2) is 5.19. The van der Waals surface area contributed by atoms with E-state index in [2.05, 4.69) is 4.98 Å². The molecule has 0 radical (unpaired) electrons. The highest BCUT2D eigenvalue weighted by Crippen LogP contribution is 2.23. The summed E-state index contributed by atoms with van der Waals surface area (Å²) < 4.78 is 45.0.